The largest absolute Gasteiger partial charge is 0.493 e. The predicted molar refractivity (Wildman–Crippen MR) is 72.6 cm³/mol. The summed E-state index contributed by atoms with van der Waals surface area (Å²) in [6.45, 7) is 0.374. The predicted octanol–water partition coefficient (Wildman–Crippen LogP) is 3.58. The van der Waals surface area contributed by atoms with Crippen molar-refractivity contribution in [2.45, 2.75) is 50.4 Å². The molecule has 0 radical (unpaired) electrons. The topological polar surface area (TPSA) is 46.5 Å². The number of rotatable bonds is 2. The molecule has 5 heteroatoms. The second-order valence-corrected chi connectivity index (χ2v) is 5.92. The molecule has 3 rings (SSSR count). The van der Waals surface area contributed by atoms with E-state index in [2.05, 4.69) is 0 Å². The van der Waals surface area contributed by atoms with Crippen molar-refractivity contribution < 1.29 is 23.4 Å². The zero-order valence-electron chi connectivity index (χ0n) is 11.8. The van der Waals surface area contributed by atoms with E-state index >= 15 is 0 Å². The quantitative estimate of drug-likeness (QED) is 0.907. The highest BCUT2D eigenvalue weighted by Gasteiger charge is 2.46. The van der Waals surface area contributed by atoms with Gasteiger partial charge in [-0.2, -0.15) is 0 Å². The lowest BCUT2D eigenvalue weighted by molar-refractivity contribution is -0.145. The molecule has 0 unspecified atom stereocenters. The number of aliphatic carboxylic acids is 1. The maximum Gasteiger partial charge on any atom is 0.314 e. The molecule has 0 atom stereocenters. The maximum absolute atomic E-state index is 14.4. The molecule has 0 amide bonds. The van der Waals surface area contributed by atoms with Gasteiger partial charge < -0.3 is 9.84 Å². The number of halogens is 2. The Balaban J connectivity index is 2.22. The average Bonchev–Trinajstić information content (AvgIpc) is 2.48. The van der Waals surface area contributed by atoms with Crippen molar-refractivity contribution in [1.29, 1.82) is 0 Å². The van der Waals surface area contributed by atoms with Gasteiger partial charge in [0.25, 0.3) is 0 Å². The molecule has 0 aromatic heterocycles. The summed E-state index contributed by atoms with van der Waals surface area (Å²) in [5, 5.41) is 9.72. The van der Waals surface area contributed by atoms with Crippen LogP contribution >= 0.6 is 0 Å². The van der Waals surface area contributed by atoms with Crippen molar-refractivity contribution in [2.24, 2.45) is 0 Å². The van der Waals surface area contributed by atoms with Crippen molar-refractivity contribution in [3.8, 4) is 5.75 Å². The van der Waals surface area contributed by atoms with Crippen LogP contribution in [0.3, 0.4) is 0 Å². The summed E-state index contributed by atoms with van der Waals surface area (Å²) in [6, 6.07) is 0.822. The van der Waals surface area contributed by atoms with Gasteiger partial charge in [-0.05, 0) is 25.7 Å². The van der Waals surface area contributed by atoms with E-state index in [1.54, 1.807) is 0 Å². The van der Waals surface area contributed by atoms with Crippen molar-refractivity contribution in [1.82, 2.24) is 0 Å². The lowest BCUT2D eigenvalue weighted by atomic mass is 9.68. The third kappa shape index (κ3) is 2.19. The van der Waals surface area contributed by atoms with E-state index in [0.29, 0.717) is 37.9 Å². The highest BCUT2D eigenvalue weighted by molar-refractivity contribution is 5.83. The molecule has 1 aromatic rings. The normalized spacial score (nSPS) is 20.5. The Hall–Kier alpha value is -1.65. The van der Waals surface area contributed by atoms with Crippen molar-refractivity contribution >= 4 is 5.97 Å². The lowest BCUT2D eigenvalue weighted by Crippen LogP contribution is -2.39. The summed E-state index contributed by atoms with van der Waals surface area (Å²) in [6.07, 6.45) is 4.29. The summed E-state index contributed by atoms with van der Waals surface area (Å²) in [5.41, 5.74) is -0.896. The van der Waals surface area contributed by atoms with Gasteiger partial charge in [0.1, 0.15) is 17.4 Å². The third-order valence-corrected chi connectivity index (χ3v) is 4.69. The zero-order valence-corrected chi connectivity index (χ0v) is 11.8. The van der Waals surface area contributed by atoms with E-state index in [9.17, 15) is 18.7 Å². The fraction of sp³-hybridized carbons (Fsp3) is 0.562. The average molecular weight is 296 g/mol. The van der Waals surface area contributed by atoms with Crippen LogP contribution in [0.1, 0.15) is 49.7 Å². The van der Waals surface area contributed by atoms with Crippen LogP contribution in [0.2, 0.25) is 0 Å². The molecule has 1 saturated carbocycles. The van der Waals surface area contributed by atoms with Crippen molar-refractivity contribution in [3.63, 3.8) is 0 Å². The number of carboxylic acids is 1. The summed E-state index contributed by atoms with van der Waals surface area (Å²) >= 11 is 0. The number of fused-ring (bicyclic) bond motifs is 1. The van der Waals surface area contributed by atoms with E-state index in [4.69, 9.17) is 4.74 Å². The van der Waals surface area contributed by atoms with Crippen LogP contribution in [0.25, 0.3) is 0 Å². The van der Waals surface area contributed by atoms with Crippen LogP contribution < -0.4 is 4.74 Å². The summed E-state index contributed by atoms with van der Waals surface area (Å²) in [5.74, 6) is -2.33. The summed E-state index contributed by atoms with van der Waals surface area (Å²) < 4.78 is 33.9. The molecule has 0 spiro atoms. The number of hydrogen-bond donors (Lipinski definition) is 1. The molecule has 2 aliphatic rings. The highest BCUT2D eigenvalue weighted by Crippen LogP contribution is 2.47. The molecular weight excluding hydrogens is 278 g/mol. The van der Waals surface area contributed by atoms with Crippen LogP contribution in [-0.4, -0.2) is 17.7 Å². The van der Waals surface area contributed by atoms with Gasteiger partial charge in [0.2, 0.25) is 0 Å². The SMILES string of the molecule is O=C(O)C1(c2c(F)cc(F)c3c2OCCC3)CCCCC1. The highest BCUT2D eigenvalue weighted by atomic mass is 19.1. The molecule has 1 aliphatic heterocycles. The first-order chi connectivity index (χ1) is 10.1. The Bertz CT molecular complexity index is 577. The van der Waals surface area contributed by atoms with Crippen LogP contribution in [0, 0.1) is 11.6 Å². The second kappa shape index (κ2) is 5.28. The molecular formula is C16H18F2O3. The molecule has 1 aromatic carbocycles. The van der Waals surface area contributed by atoms with Gasteiger partial charge in [0.05, 0.1) is 12.0 Å². The maximum atomic E-state index is 14.4. The van der Waals surface area contributed by atoms with Crippen LogP contribution in [-0.2, 0) is 16.6 Å². The summed E-state index contributed by atoms with van der Waals surface area (Å²) in [4.78, 5) is 11.9. The van der Waals surface area contributed by atoms with Gasteiger partial charge in [0.15, 0.2) is 0 Å². The minimum absolute atomic E-state index is 0.0609. The first-order valence-corrected chi connectivity index (χ1v) is 7.44. The van der Waals surface area contributed by atoms with Gasteiger partial charge >= 0.3 is 5.97 Å². The Morgan fingerprint density at radius 1 is 1.14 bits per heavy atom. The van der Waals surface area contributed by atoms with Crippen molar-refractivity contribution in [2.75, 3.05) is 6.61 Å². The smallest absolute Gasteiger partial charge is 0.314 e. The molecule has 1 heterocycles. The molecule has 1 aliphatic carbocycles. The Labute approximate surface area is 121 Å². The van der Waals surface area contributed by atoms with Crippen molar-refractivity contribution in [3.05, 3.63) is 28.8 Å². The molecule has 21 heavy (non-hydrogen) atoms. The number of carboxylic acid groups (broad SMARTS) is 1. The molecule has 114 valence electrons. The molecule has 3 nitrogen and oxygen atoms in total. The van der Waals surface area contributed by atoms with E-state index < -0.39 is 23.0 Å². The number of hydrogen-bond acceptors (Lipinski definition) is 2. The van der Waals surface area contributed by atoms with E-state index in [0.717, 1.165) is 25.3 Å². The van der Waals surface area contributed by atoms with E-state index in [-0.39, 0.29) is 11.3 Å². The van der Waals surface area contributed by atoms with Crippen LogP contribution in [0.4, 0.5) is 8.78 Å². The lowest BCUT2D eigenvalue weighted by Gasteiger charge is -2.36. The minimum Gasteiger partial charge on any atom is -0.493 e. The van der Waals surface area contributed by atoms with E-state index in [1.807, 2.05) is 0 Å². The molecule has 1 fully saturated rings. The molecule has 1 N–H and O–H groups in total. The fourth-order valence-electron chi connectivity index (χ4n) is 3.63. The number of ether oxygens (including phenoxy) is 1. The molecule has 0 saturated heterocycles. The van der Waals surface area contributed by atoms with E-state index in [1.165, 1.54) is 0 Å². The van der Waals surface area contributed by atoms with Gasteiger partial charge in [-0.25, -0.2) is 8.78 Å². The minimum atomic E-state index is -1.28. The molecule has 0 bridgehead atoms. The Morgan fingerprint density at radius 2 is 1.86 bits per heavy atom. The fourth-order valence-corrected chi connectivity index (χ4v) is 3.63. The Kier molecular flexibility index (Phi) is 3.59. The van der Waals surface area contributed by atoms with Crippen LogP contribution in [0.5, 0.6) is 5.75 Å². The van der Waals surface area contributed by atoms with Gasteiger partial charge in [-0.1, -0.05) is 19.3 Å². The number of benzene rings is 1. The first kappa shape index (κ1) is 14.3. The summed E-state index contributed by atoms with van der Waals surface area (Å²) in [7, 11) is 0. The van der Waals surface area contributed by atoms with Gasteiger partial charge in [0, 0.05) is 17.2 Å². The van der Waals surface area contributed by atoms with Crippen LogP contribution in [0.15, 0.2) is 6.07 Å². The first-order valence-electron chi connectivity index (χ1n) is 7.44. The Morgan fingerprint density at radius 3 is 2.52 bits per heavy atom. The second-order valence-electron chi connectivity index (χ2n) is 5.92. The zero-order chi connectivity index (χ0) is 15.0. The third-order valence-electron chi connectivity index (χ3n) is 4.69. The van der Waals surface area contributed by atoms with Gasteiger partial charge in [-0.15, -0.1) is 0 Å². The monoisotopic (exact) mass is 296 g/mol. The standard InChI is InChI=1S/C16H18F2O3/c17-11-9-12(18)13(14-10(11)5-4-8-21-14)16(15(19)20)6-2-1-3-7-16/h9H,1-8H2,(H,19,20). The van der Waals surface area contributed by atoms with Gasteiger partial charge in [-0.3, -0.25) is 4.79 Å². The number of carbonyl (C=O) groups is 1.